The second-order valence-corrected chi connectivity index (χ2v) is 10.8. The van der Waals surface area contributed by atoms with Crippen LogP contribution in [0.5, 0.6) is 0 Å². The van der Waals surface area contributed by atoms with Crippen molar-refractivity contribution in [3.05, 3.63) is 78.1 Å². The van der Waals surface area contributed by atoms with Gasteiger partial charge < -0.3 is 10.2 Å². The largest absolute Gasteiger partial charge is 0.352 e. The van der Waals surface area contributed by atoms with Crippen LogP contribution in [0.3, 0.4) is 0 Å². The first-order chi connectivity index (χ1) is 16.5. The summed E-state index contributed by atoms with van der Waals surface area (Å²) < 4.78 is 40.8. The highest BCUT2D eigenvalue weighted by Crippen LogP contribution is 2.22. The molecule has 0 aromatic heterocycles. The number of amides is 2. The molecule has 1 unspecified atom stereocenters. The van der Waals surface area contributed by atoms with E-state index in [0.29, 0.717) is 5.56 Å². The van der Waals surface area contributed by atoms with Crippen LogP contribution in [0.1, 0.15) is 26.3 Å². The average Bonchev–Trinajstić information content (AvgIpc) is 2.82. The van der Waals surface area contributed by atoms with Crippen LogP contribution in [0.4, 0.5) is 4.39 Å². The molecule has 7 nitrogen and oxygen atoms in total. The lowest BCUT2D eigenvalue weighted by molar-refractivity contribution is -0.140. The Labute approximate surface area is 205 Å². The van der Waals surface area contributed by atoms with Crippen LogP contribution in [0.2, 0.25) is 0 Å². The minimum Gasteiger partial charge on any atom is -0.352 e. The van der Waals surface area contributed by atoms with Gasteiger partial charge in [0.2, 0.25) is 21.8 Å². The zero-order valence-corrected chi connectivity index (χ0v) is 21.0. The Morgan fingerprint density at radius 3 is 2.20 bits per heavy atom. The van der Waals surface area contributed by atoms with Gasteiger partial charge in [0.15, 0.2) is 0 Å². The van der Waals surface area contributed by atoms with Crippen molar-refractivity contribution in [1.82, 2.24) is 14.5 Å². The Balaban J connectivity index is 1.84. The second kappa shape index (κ2) is 11.0. The second-order valence-electron chi connectivity index (χ2n) is 8.76. The standard InChI is InChI=1S/C26H30FN3O4S/c1-18(2)28-26(32)19(3)30(16-20-9-12-23(27)13-10-20)25(31)17-29(4)35(33,34)24-14-11-21-7-5-6-8-22(21)15-24/h5-15,18-19H,16-17H2,1-4H3,(H,28,32). The fraction of sp³-hybridized carbons (Fsp3) is 0.308. The van der Waals surface area contributed by atoms with Crippen molar-refractivity contribution in [3.63, 3.8) is 0 Å². The predicted octanol–water partition coefficient (Wildman–Crippen LogP) is 3.54. The predicted molar refractivity (Wildman–Crippen MR) is 133 cm³/mol. The molecule has 0 spiro atoms. The molecule has 9 heteroatoms. The number of hydrogen-bond donors (Lipinski definition) is 1. The number of nitrogens with one attached hydrogen (secondary N) is 1. The van der Waals surface area contributed by atoms with Gasteiger partial charge in [-0.15, -0.1) is 0 Å². The number of fused-ring (bicyclic) bond motifs is 1. The normalized spacial score (nSPS) is 12.7. The fourth-order valence-corrected chi connectivity index (χ4v) is 4.80. The van der Waals surface area contributed by atoms with Gasteiger partial charge in [-0.25, -0.2) is 12.8 Å². The van der Waals surface area contributed by atoms with Gasteiger partial charge in [-0.1, -0.05) is 42.5 Å². The average molecular weight is 500 g/mol. The Morgan fingerprint density at radius 2 is 1.57 bits per heavy atom. The lowest BCUT2D eigenvalue weighted by Crippen LogP contribution is -2.51. The van der Waals surface area contributed by atoms with Crippen LogP contribution in [0.15, 0.2) is 71.6 Å². The minimum atomic E-state index is -3.97. The first kappa shape index (κ1) is 26.3. The van der Waals surface area contributed by atoms with Crippen LogP contribution in [0, 0.1) is 5.82 Å². The molecule has 0 saturated heterocycles. The molecule has 0 fully saturated rings. The molecule has 3 aromatic rings. The Kier molecular flexibility index (Phi) is 8.24. The summed E-state index contributed by atoms with van der Waals surface area (Å²) in [6.07, 6.45) is 0. The summed E-state index contributed by atoms with van der Waals surface area (Å²) in [5.74, 6) is -1.33. The highest BCUT2D eigenvalue weighted by Gasteiger charge is 2.30. The van der Waals surface area contributed by atoms with Gasteiger partial charge in [0, 0.05) is 19.6 Å². The van der Waals surface area contributed by atoms with E-state index in [0.717, 1.165) is 15.1 Å². The molecule has 1 N–H and O–H groups in total. The Morgan fingerprint density at radius 1 is 0.943 bits per heavy atom. The number of rotatable bonds is 9. The summed E-state index contributed by atoms with van der Waals surface area (Å²) in [6.45, 7) is 4.75. The van der Waals surface area contributed by atoms with Crippen molar-refractivity contribution in [1.29, 1.82) is 0 Å². The van der Waals surface area contributed by atoms with E-state index in [1.54, 1.807) is 32.9 Å². The van der Waals surface area contributed by atoms with Crippen molar-refractivity contribution in [2.45, 2.75) is 44.3 Å². The van der Waals surface area contributed by atoms with Crippen molar-refractivity contribution >= 4 is 32.6 Å². The molecule has 2 amide bonds. The van der Waals surface area contributed by atoms with E-state index in [2.05, 4.69) is 5.32 Å². The zero-order chi connectivity index (χ0) is 25.8. The number of carbonyl (C=O) groups excluding carboxylic acids is 2. The topological polar surface area (TPSA) is 86.8 Å². The molecule has 0 radical (unpaired) electrons. The van der Waals surface area contributed by atoms with Crippen molar-refractivity contribution in [2.24, 2.45) is 0 Å². The number of likely N-dealkylation sites (N-methyl/N-ethyl adjacent to an activating group) is 1. The van der Waals surface area contributed by atoms with Crippen molar-refractivity contribution < 1.29 is 22.4 Å². The molecule has 3 aromatic carbocycles. The Hall–Kier alpha value is -3.30. The highest BCUT2D eigenvalue weighted by molar-refractivity contribution is 7.89. The van der Waals surface area contributed by atoms with Crippen LogP contribution in [0.25, 0.3) is 10.8 Å². The summed E-state index contributed by atoms with van der Waals surface area (Å²) in [5, 5.41) is 4.45. The molecular weight excluding hydrogens is 469 g/mol. The Bertz CT molecular complexity index is 1310. The van der Waals surface area contributed by atoms with E-state index in [9.17, 15) is 22.4 Å². The number of sulfonamides is 1. The highest BCUT2D eigenvalue weighted by atomic mass is 32.2. The monoisotopic (exact) mass is 499 g/mol. The van der Waals surface area contributed by atoms with Gasteiger partial charge in [-0.3, -0.25) is 9.59 Å². The lowest BCUT2D eigenvalue weighted by Gasteiger charge is -2.30. The third-order valence-electron chi connectivity index (χ3n) is 5.65. The van der Waals surface area contributed by atoms with E-state index in [-0.39, 0.29) is 23.4 Å². The molecule has 1 atom stereocenters. The van der Waals surface area contributed by atoms with Crippen molar-refractivity contribution in [3.8, 4) is 0 Å². The van der Waals surface area contributed by atoms with Crippen LogP contribution >= 0.6 is 0 Å². The van der Waals surface area contributed by atoms with E-state index in [4.69, 9.17) is 0 Å². The first-order valence-corrected chi connectivity index (χ1v) is 12.7. The maximum atomic E-state index is 13.4. The summed E-state index contributed by atoms with van der Waals surface area (Å²) in [7, 11) is -2.64. The molecule has 0 heterocycles. The summed E-state index contributed by atoms with van der Waals surface area (Å²) >= 11 is 0. The van der Waals surface area contributed by atoms with Gasteiger partial charge in [0.25, 0.3) is 0 Å². The molecule has 0 saturated carbocycles. The first-order valence-electron chi connectivity index (χ1n) is 11.3. The van der Waals surface area contributed by atoms with Gasteiger partial charge in [0.05, 0.1) is 11.4 Å². The maximum absolute atomic E-state index is 13.4. The SMILES string of the molecule is CC(C)NC(=O)C(C)N(Cc1ccc(F)cc1)C(=O)CN(C)S(=O)(=O)c1ccc2ccccc2c1. The molecule has 3 rings (SSSR count). The molecule has 0 aliphatic rings. The van der Waals surface area contributed by atoms with Gasteiger partial charge in [-0.2, -0.15) is 4.31 Å². The summed E-state index contributed by atoms with van der Waals surface area (Å²) in [5.41, 5.74) is 0.615. The zero-order valence-electron chi connectivity index (χ0n) is 20.2. The molecular formula is C26H30FN3O4S. The van der Waals surface area contributed by atoms with Crippen LogP contribution in [-0.2, 0) is 26.2 Å². The number of halogens is 1. The molecule has 0 aliphatic carbocycles. The van der Waals surface area contributed by atoms with Crippen molar-refractivity contribution in [2.75, 3.05) is 13.6 Å². The van der Waals surface area contributed by atoms with Crippen LogP contribution < -0.4 is 5.32 Å². The molecule has 35 heavy (non-hydrogen) atoms. The summed E-state index contributed by atoms with van der Waals surface area (Å²) in [6, 6.07) is 16.8. The fourth-order valence-electron chi connectivity index (χ4n) is 3.65. The third kappa shape index (κ3) is 6.43. The number of benzene rings is 3. The lowest BCUT2D eigenvalue weighted by atomic mass is 10.1. The van der Waals surface area contributed by atoms with E-state index in [1.165, 1.54) is 42.3 Å². The quantitative estimate of drug-likeness (QED) is 0.488. The minimum absolute atomic E-state index is 0.0235. The third-order valence-corrected chi connectivity index (χ3v) is 7.45. The van der Waals surface area contributed by atoms with E-state index < -0.39 is 34.3 Å². The number of carbonyl (C=O) groups is 2. The van der Waals surface area contributed by atoms with Gasteiger partial charge in [-0.05, 0) is 61.4 Å². The molecule has 0 bridgehead atoms. The number of nitrogens with zero attached hydrogens (tertiary/aromatic N) is 2. The van der Waals surface area contributed by atoms with Gasteiger partial charge >= 0.3 is 0 Å². The van der Waals surface area contributed by atoms with Crippen LogP contribution in [-0.4, -0.2) is 55.1 Å². The van der Waals surface area contributed by atoms with E-state index in [1.807, 2.05) is 24.3 Å². The molecule has 186 valence electrons. The van der Waals surface area contributed by atoms with Gasteiger partial charge in [0.1, 0.15) is 11.9 Å². The van der Waals surface area contributed by atoms with E-state index >= 15 is 0 Å². The summed E-state index contributed by atoms with van der Waals surface area (Å²) in [4.78, 5) is 27.4. The molecule has 0 aliphatic heterocycles. The smallest absolute Gasteiger partial charge is 0.243 e. The maximum Gasteiger partial charge on any atom is 0.243 e. The number of hydrogen-bond acceptors (Lipinski definition) is 4.